The fourth-order valence-electron chi connectivity index (χ4n) is 4.42. The number of aliphatic imine (C=N–C) groups is 1. The molecule has 3 rings (SSSR count). The van der Waals surface area contributed by atoms with Crippen LogP contribution in [0.15, 0.2) is 29.3 Å². The van der Waals surface area contributed by atoms with Crippen LogP contribution in [0.2, 0.25) is 0 Å². The number of benzene rings is 1. The SMILES string of the molecule is CCNC(=NCCc1ccc(C(=O)OC)cc1)NC1CCN(C(=O)C2CCCCC2)C1.I. The molecule has 2 fully saturated rings. The van der Waals surface area contributed by atoms with E-state index in [9.17, 15) is 9.59 Å². The second-order valence-electron chi connectivity index (χ2n) is 8.45. The number of hydrogen-bond donors (Lipinski definition) is 2. The number of carbonyl (C=O) groups excluding carboxylic acids is 2. The lowest BCUT2D eigenvalue weighted by molar-refractivity contribution is -0.135. The van der Waals surface area contributed by atoms with E-state index in [4.69, 9.17) is 9.73 Å². The maximum atomic E-state index is 12.8. The van der Waals surface area contributed by atoms with Crippen LogP contribution in [0.5, 0.6) is 0 Å². The number of likely N-dealkylation sites (tertiary alicyclic amines) is 1. The maximum absolute atomic E-state index is 12.8. The lowest BCUT2D eigenvalue weighted by Gasteiger charge is -2.26. The summed E-state index contributed by atoms with van der Waals surface area (Å²) in [5.74, 6) is 1.06. The first-order valence-electron chi connectivity index (χ1n) is 11.6. The lowest BCUT2D eigenvalue weighted by atomic mass is 9.88. The molecule has 8 heteroatoms. The number of ether oxygens (including phenoxy) is 1. The van der Waals surface area contributed by atoms with E-state index in [0.717, 1.165) is 56.8 Å². The third-order valence-electron chi connectivity index (χ3n) is 6.18. The van der Waals surface area contributed by atoms with Crippen molar-refractivity contribution in [1.29, 1.82) is 0 Å². The van der Waals surface area contributed by atoms with Crippen molar-refractivity contribution < 1.29 is 14.3 Å². The molecule has 32 heavy (non-hydrogen) atoms. The summed E-state index contributed by atoms with van der Waals surface area (Å²) in [6.45, 7) is 5.07. The largest absolute Gasteiger partial charge is 0.465 e. The zero-order valence-corrected chi connectivity index (χ0v) is 21.6. The van der Waals surface area contributed by atoms with E-state index < -0.39 is 0 Å². The maximum Gasteiger partial charge on any atom is 0.337 e. The van der Waals surface area contributed by atoms with Gasteiger partial charge in [-0.2, -0.15) is 0 Å². The molecule has 1 saturated carbocycles. The molecule has 1 aromatic rings. The number of rotatable bonds is 7. The second kappa shape index (κ2) is 13.6. The third-order valence-corrected chi connectivity index (χ3v) is 6.18. The molecule has 0 spiro atoms. The van der Waals surface area contributed by atoms with Gasteiger partial charge in [-0.3, -0.25) is 9.79 Å². The van der Waals surface area contributed by atoms with Crippen LogP contribution >= 0.6 is 24.0 Å². The number of hydrogen-bond acceptors (Lipinski definition) is 4. The molecule has 1 saturated heterocycles. The second-order valence-corrected chi connectivity index (χ2v) is 8.45. The van der Waals surface area contributed by atoms with Crippen LogP contribution in [0, 0.1) is 5.92 Å². The molecule has 1 aromatic carbocycles. The van der Waals surface area contributed by atoms with E-state index in [1.807, 2.05) is 17.0 Å². The van der Waals surface area contributed by atoms with Crippen molar-refractivity contribution in [2.75, 3.05) is 33.3 Å². The molecule has 178 valence electrons. The minimum Gasteiger partial charge on any atom is -0.465 e. The molecule has 0 bridgehead atoms. The van der Waals surface area contributed by atoms with Gasteiger partial charge in [0.2, 0.25) is 5.91 Å². The van der Waals surface area contributed by atoms with Crippen LogP contribution < -0.4 is 10.6 Å². The van der Waals surface area contributed by atoms with Crippen molar-refractivity contribution in [2.45, 2.75) is 57.9 Å². The highest BCUT2D eigenvalue weighted by Gasteiger charge is 2.31. The number of nitrogens with zero attached hydrogens (tertiary/aromatic N) is 2. The van der Waals surface area contributed by atoms with E-state index in [1.165, 1.54) is 26.4 Å². The Balaban J connectivity index is 0.00000363. The molecule has 2 aliphatic rings. The van der Waals surface area contributed by atoms with Crippen LogP contribution in [0.4, 0.5) is 0 Å². The summed E-state index contributed by atoms with van der Waals surface area (Å²) in [4.78, 5) is 31.1. The summed E-state index contributed by atoms with van der Waals surface area (Å²) >= 11 is 0. The molecule has 0 aromatic heterocycles. The smallest absolute Gasteiger partial charge is 0.337 e. The van der Waals surface area contributed by atoms with E-state index >= 15 is 0 Å². The van der Waals surface area contributed by atoms with Crippen LogP contribution in [-0.2, 0) is 16.0 Å². The van der Waals surface area contributed by atoms with Crippen LogP contribution in [0.1, 0.15) is 61.4 Å². The van der Waals surface area contributed by atoms with Gasteiger partial charge >= 0.3 is 5.97 Å². The van der Waals surface area contributed by atoms with Crippen molar-refractivity contribution in [2.24, 2.45) is 10.9 Å². The third kappa shape index (κ3) is 7.64. The summed E-state index contributed by atoms with van der Waals surface area (Å²) in [7, 11) is 1.38. The van der Waals surface area contributed by atoms with Gasteiger partial charge in [-0.25, -0.2) is 4.79 Å². The standard InChI is InChI=1S/C24H36N4O3.HI/c1-3-25-24(26-15-13-18-9-11-20(12-10-18)23(30)31-2)27-21-14-16-28(17-21)22(29)19-7-5-4-6-8-19;/h9-12,19,21H,3-8,13-17H2,1-2H3,(H2,25,26,27);1H. The first-order valence-corrected chi connectivity index (χ1v) is 11.6. The Hall–Kier alpha value is -1.84. The van der Waals surface area contributed by atoms with E-state index in [-0.39, 0.29) is 41.9 Å². The van der Waals surface area contributed by atoms with E-state index in [2.05, 4.69) is 17.6 Å². The van der Waals surface area contributed by atoms with Gasteiger partial charge in [0.15, 0.2) is 5.96 Å². The molecule has 1 amide bonds. The van der Waals surface area contributed by atoms with Crippen LogP contribution in [0.25, 0.3) is 0 Å². The molecular weight excluding hydrogens is 519 g/mol. The highest BCUT2D eigenvalue weighted by molar-refractivity contribution is 14.0. The number of halogens is 1. The zero-order valence-electron chi connectivity index (χ0n) is 19.3. The Labute approximate surface area is 208 Å². The van der Waals surface area contributed by atoms with Crippen LogP contribution in [-0.4, -0.2) is 62.1 Å². The van der Waals surface area contributed by atoms with Gasteiger partial charge in [0.25, 0.3) is 0 Å². The highest BCUT2D eigenvalue weighted by Crippen LogP contribution is 2.26. The Kier molecular flexibility index (Phi) is 11.3. The zero-order chi connectivity index (χ0) is 22.1. The summed E-state index contributed by atoms with van der Waals surface area (Å²) in [5, 5.41) is 6.82. The number of methoxy groups -OCH3 is 1. The van der Waals surface area contributed by atoms with Gasteiger partial charge in [-0.05, 0) is 50.3 Å². The van der Waals surface area contributed by atoms with Crippen molar-refractivity contribution in [3.63, 3.8) is 0 Å². The summed E-state index contributed by atoms with van der Waals surface area (Å²) in [6, 6.07) is 7.68. The normalized spacial score (nSPS) is 19.2. The monoisotopic (exact) mass is 556 g/mol. The van der Waals surface area contributed by atoms with Gasteiger partial charge in [-0.15, -0.1) is 24.0 Å². The predicted octanol–water partition coefficient (Wildman–Crippen LogP) is 3.37. The number of esters is 1. The Morgan fingerprint density at radius 3 is 2.50 bits per heavy atom. The Bertz CT molecular complexity index is 763. The highest BCUT2D eigenvalue weighted by atomic mass is 127. The summed E-state index contributed by atoms with van der Waals surface area (Å²) in [5.41, 5.74) is 1.68. The molecule has 1 aliphatic carbocycles. The number of guanidine groups is 1. The molecule has 7 nitrogen and oxygen atoms in total. The minimum absolute atomic E-state index is 0. The van der Waals surface area contributed by atoms with Crippen molar-refractivity contribution in [3.8, 4) is 0 Å². The van der Waals surface area contributed by atoms with Gasteiger partial charge < -0.3 is 20.3 Å². The molecule has 0 radical (unpaired) electrons. The molecule has 2 N–H and O–H groups in total. The van der Waals surface area contributed by atoms with Gasteiger partial charge in [-0.1, -0.05) is 31.4 Å². The number of amides is 1. The van der Waals surface area contributed by atoms with E-state index in [0.29, 0.717) is 18.0 Å². The van der Waals surface area contributed by atoms with Gasteiger partial charge in [0.1, 0.15) is 0 Å². The summed E-state index contributed by atoms with van der Waals surface area (Å²) in [6.07, 6.45) is 7.50. The van der Waals surface area contributed by atoms with E-state index in [1.54, 1.807) is 12.1 Å². The fourth-order valence-corrected chi connectivity index (χ4v) is 4.42. The number of carbonyl (C=O) groups is 2. The first kappa shape index (κ1) is 26.4. The lowest BCUT2D eigenvalue weighted by Crippen LogP contribution is -2.45. The Morgan fingerprint density at radius 2 is 1.84 bits per heavy atom. The molecule has 1 aliphatic heterocycles. The van der Waals surface area contributed by atoms with Gasteiger partial charge in [0.05, 0.1) is 12.7 Å². The molecule has 1 heterocycles. The fraction of sp³-hybridized carbons (Fsp3) is 0.625. The molecular formula is C24H37IN4O3. The Morgan fingerprint density at radius 1 is 1.12 bits per heavy atom. The van der Waals surface area contributed by atoms with Crippen molar-refractivity contribution >= 4 is 41.8 Å². The van der Waals surface area contributed by atoms with Crippen LogP contribution in [0.3, 0.4) is 0 Å². The molecule has 1 unspecified atom stereocenters. The van der Waals surface area contributed by atoms with Gasteiger partial charge in [0, 0.05) is 38.1 Å². The topological polar surface area (TPSA) is 83.0 Å². The van der Waals surface area contributed by atoms with Crippen molar-refractivity contribution in [3.05, 3.63) is 35.4 Å². The minimum atomic E-state index is -0.323. The predicted molar refractivity (Wildman–Crippen MR) is 138 cm³/mol. The summed E-state index contributed by atoms with van der Waals surface area (Å²) < 4.78 is 4.73. The molecule has 1 atom stereocenters. The first-order chi connectivity index (χ1) is 15.1. The quantitative estimate of drug-likeness (QED) is 0.233. The average Bonchev–Trinajstić information content (AvgIpc) is 3.27. The number of nitrogens with one attached hydrogen (secondary N) is 2. The van der Waals surface area contributed by atoms with Crippen molar-refractivity contribution in [1.82, 2.24) is 15.5 Å². The average molecular weight is 556 g/mol.